The third-order valence-electron chi connectivity index (χ3n) is 7.75. The van der Waals surface area contributed by atoms with Gasteiger partial charge in [0.15, 0.2) is 0 Å². The molecule has 0 aliphatic heterocycles. The zero-order chi connectivity index (χ0) is 36.5. The van der Waals surface area contributed by atoms with E-state index in [0.717, 1.165) is 50.4 Å². The summed E-state index contributed by atoms with van der Waals surface area (Å²) < 4.78 is 0. The minimum Gasteiger partial charge on any atom is -0.478 e. The Bertz CT molecular complexity index is 1140. The number of carboxylic acids is 4. The number of aromatic carboxylic acids is 4. The summed E-state index contributed by atoms with van der Waals surface area (Å²) in [5, 5.41) is 51.9. The highest BCUT2D eigenvalue weighted by molar-refractivity contribution is 6.03. The second kappa shape index (κ2) is 26.2. The number of carbonyl (C=O) groups is 4. The Morgan fingerprint density at radius 3 is 1.06 bits per heavy atom. The Morgan fingerprint density at radius 1 is 0.479 bits per heavy atom. The molecular weight excluding hydrogens is 616 g/mol. The van der Waals surface area contributed by atoms with Crippen LogP contribution in [-0.4, -0.2) is 67.7 Å². The van der Waals surface area contributed by atoms with Crippen molar-refractivity contribution in [1.29, 1.82) is 0 Å². The van der Waals surface area contributed by atoms with Gasteiger partial charge in [-0.1, -0.05) is 116 Å². The van der Waals surface area contributed by atoms with Gasteiger partial charge in [0.2, 0.25) is 0 Å². The first-order chi connectivity index (χ1) is 22.8. The molecule has 0 amide bonds. The van der Waals surface area contributed by atoms with E-state index < -0.39 is 23.9 Å². The number of aliphatic hydroxyl groups excluding tert-OH is 2. The number of aryl methyl sites for hydroxylation is 2. The molecule has 2 rings (SSSR count). The second-order valence-corrected chi connectivity index (χ2v) is 12.7. The molecular formula is C38H58O10. The Kier molecular flexibility index (Phi) is 24.2. The van der Waals surface area contributed by atoms with Crippen LogP contribution < -0.4 is 0 Å². The van der Waals surface area contributed by atoms with Gasteiger partial charge in [0.25, 0.3) is 0 Å². The molecule has 0 aliphatic rings. The molecule has 48 heavy (non-hydrogen) atoms. The number of hydrogen-bond donors (Lipinski definition) is 6. The van der Waals surface area contributed by atoms with Crippen LogP contribution in [0, 0.1) is 11.8 Å². The number of carboxylic acid groups (broad SMARTS) is 4. The van der Waals surface area contributed by atoms with Crippen LogP contribution in [0.15, 0.2) is 36.4 Å². The van der Waals surface area contributed by atoms with E-state index in [9.17, 15) is 29.4 Å². The maximum absolute atomic E-state index is 11.3. The first-order valence-corrected chi connectivity index (χ1v) is 17.2. The molecule has 6 N–H and O–H groups in total. The van der Waals surface area contributed by atoms with Gasteiger partial charge >= 0.3 is 23.9 Å². The number of hydrogen-bond acceptors (Lipinski definition) is 6. The fraction of sp³-hybridized carbons (Fsp3) is 0.579. The van der Waals surface area contributed by atoms with Gasteiger partial charge < -0.3 is 30.6 Å². The monoisotopic (exact) mass is 674 g/mol. The van der Waals surface area contributed by atoms with Crippen molar-refractivity contribution in [3.8, 4) is 0 Å². The Morgan fingerprint density at radius 2 is 0.792 bits per heavy atom. The van der Waals surface area contributed by atoms with Crippen LogP contribution in [0.1, 0.15) is 157 Å². The second-order valence-electron chi connectivity index (χ2n) is 12.7. The quantitative estimate of drug-likeness (QED) is 0.0704. The van der Waals surface area contributed by atoms with E-state index in [-0.39, 0.29) is 35.5 Å². The Labute approximate surface area is 285 Å². The summed E-state index contributed by atoms with van der Waals surface area (Å²) in [6, 6.07) is 9.37. The van der Waals surface area contributed by atoms with Gasteiger partial charge in [-0.05, 0) is 60.8 Å². The topological polar surface area (TPSA) is 190 Å². The average Bonchev–Trinajstić information content (AvgIpc) is 3.03. The van der Waals surface area contributed by atoms with Crippen LogP contribution in [0.3, 0.4) is 0 Å². The molecule has 0 radical (unpaired) electrons. The van der Waals surface area contributed by atoms with Gasteiger partial charge in [-0.2, -0.15) is 0 Å². The highest BCUT2D eigenvalue weighted by Gasteiger charge is 2.20. The third-order valence-corrected chi connectivity index (χ3v) is 7.75. The van der Waals surface area contributed by atoms with Gasteiger partial charge in [0.1, 0.15) is 0 Å². The fourth-order valence-electron chi connectivity index (χ4n) is 5.28. The SMILES string of the molecule is CC(C)CCCCCCCc1cccc(C(=O)O)c1C(=O)O.CC(C)CCCCCCCc1cccc(C(=O)O)c1C(=O)O.OCCO. The number of rotatable bonds is 21. The summed E-state index contributed by atoms with van der Waals surface area (Å²) in [5.74, 6) is -3.20. The highest BCUT2D eigenvalue weighted by atomic mass is 16.4. The summed E-state index contributed by atoms with van der Waals surface area (Å²) in [6.45, 7) is 8.65. The first-order valence-electron chi connectivity index (χ1n) is 17.2. The van der Waals surface area contributed by atoms with Crippen molar-refractivity contribution in [3.63, 3.8) is 0 Å². The molecule has 0 saturated heterocycles. The lowest BCUT2D eigenvalue weighted by Gasteiger charge is -2.09. The van der Waals surface area contributed by atoms with E-state index in [1.807, 2.05) is 0 Å². The number of unbranched alkanes of at least 4 members (excludes halogenated alkanes) is 8. The number of aliphatic hydroxyl groups is 2. The number of benzene rings is 2. The van der Waals surface area contributed by atoms with Gasteiger partial charge in [-0.25, -0.2) is 19.2 Å². The van der Waals surface area contributed by atoms with E-state index in [0.29, 0.717) is 24.0 Å². The summed E-state index contributed by atoms with van der Waals surface area (Å²) in [6.07, 6.45) is 14.8. The molecule has 2 aromatic rings. The summed E-state index contributed by atoms with van der Waals surface area (Å²) >= 11 is 0. The molecule has 0 aromatic heterocycles. The van der Waals surface area contributed by atoms with Crippen LogP contribution in [0.5, 0.6) is 0 Å². The van der Waals surface area contributed by atoms with Gasteiger partial charge in [-0.15, -0.1) is 0 Å². The largest absolute Gasteiger partial charge is 0.478 e. The molecule has 2 aromatic carbocycles. The third kappa shape index (κ3) is 19.2. The Hall–Kier alpha value is -3.76. The average molecular weight is 675 g/mol. The predicted octanol–water partition coefficient (Wildman–Crippen LogP) is 8.22. The van der Waals surface area contributed by atoms with Crippen LogP contribution in [0.25, 0.3) is 0 Å². The lowest BCUT2D eigenvalue weighted by molar-refractivity contribution is 0.0650. The molecule has 0 saturated carbocycles. The highest BCUT2D eigenvalue weighted by Crippen LogP contribution is 2.20. The van der Waals surface area contributed by atoms with Crippen LogP contribution >= 0.6 is 0 Å². The van der Waals surface area contributed by atoms with Crippen LogP contribution in [-0.2, 0) is 12.8 Å². The molecule has 10 heteroatoms. The first kappa shape index (κ1) is 44.2. The summed E-state index contributed by atoms with van der Waals surface area (Å²) in [4.78, 5) is 44.9. The molecule has 0 spiro atoms. The standard InChI is InChI=1S/2C18H26O4.C2H6O2/c2*1-13(2)9-6-4-3-5-7-10-14-11-8-12-15(17(19)20)16(14)18(21)22;3-1-2-4/h2*8,11-13H,3-7,9-10H2,1-2H3,(H,19,20)(H,21,22);3-4H,1-2H2. The molecule has 10 nitrogen and oxygen atoms in total. The smallest absolute Gasteiger partial charge is 0.336 e. The van der Waals surface area contributed by atoms with Crippen LogP contribution in [0.2, 0.25) is 0 Å². The van der Waals surface area contributed by atoms with Crippen molar-refractivity contribution in [2.75, 3.05) is 13.2 Å². The zero-order valence-electron chi connectivity index (χ0n) is 29.2. The maximum atomic E-state index is 11.3. The lowest BCUT2D eigenvalue weighted by atomic mass is 9.96. The van der Waals surface area contributed by atoms with Crippen molar-refractivity contribution < 1.29 is 49.8 Å². The summed E-state index contributed by atoms with van der Waals surface area (Å²) in [5.41, 5.74) is 0.873. The van der Waals surface area contributed by atoms with E-state index in [4.69, 9.17) is 20.4 Å². The molecule has 0 bridgehead atoms. The van der Waals surface area contributed by atoms with E-state index >= 15 is 0 Å². The molecule has 0 fully saturated rings. The van der Waals surface area contributed by atoms with E-state index in [2.05, 4.69) is 27.7 Å². The van der Waals surface area contributed by atoms with Gasteiger partial charge in [0.05, 0.1) is 35.5 Å². The van der Waals surface area contributed by atoms with E-state index in [1.54, 1.807) is 24.3 Å². The molecule has 270 valence electrons. The molecule has 0 aliphatic carbocycles. The van der Waals surface area contributed by atoms with Crippen molar-refractivity contribution in [1.82, 2.24) is 0 Å². The van der Waals surface area contributed by atoms with Crippen molar-refractivity contribution in [2.24, 2.45) is 11.8 Å². The van der Waals surface area contributed by atoms with Gasteiger partial charge in [-0.3, -0.25) is 0 Å². The van der Waals surface area contributed by atoms with Crippen molar-refractivity contribution in [2.45, 2.75) is 118 Å². The van der Waals surface area contributed by atoms with Crippen molar-refractivity contribution in [3.05, 3.63) is 69.8 Å². The van der Waals surface area contributed by atoms with Crippen molar-refractivity contribution >= 4 is 23.9 Å². The normalized spacial score (nSPS) is 10.6. The fourth-order valence-corrected chi connectivity index (χ4v) is 5.28. The van der Waals surface area contributed by atoms with Crippen LogP contribution in [0.4, 0.5) is 0 Å². The predicted molar refractivity (Wildman–Crippen MR) is 187 cm³/mol. The molecule has 0 atom stereocenters. The van der Waals surface area contributed by atoms with E-state index in [1.165, 1.54) is 50.7 Å². The molecule has 0 unspecified atom stereocenters. The van der Waals surface area contributed by atoms with Gasteiger partial charge in [0, 0.05) is 0 Å². The minimum atomic E-state index is -1.19. The maximum Gasteiger partial charge on any atom is 0.336 e. The zero-order valence-corrected chi connectivity index (χ0v) is 29.2. The summed E-state index contributed by atoms with van der Waals surface area (Å²) in [7, 11) is 0. The molecule has 0 heterocycles. The minimum absolute atomic E-state index is 0.0604. The lowest BCUT2D eigenvalue weighted by Crippen LogP contribution is -2.11. The Balaban J connectivity index is 0.000000827.